The Hall–Kier alpha value is -2.61. The first-order valence-electron chi connectivity index (χ1n) is 6.64. The van der Waals surface area contributed by atoms with Crippen LogP contribution in [0.2, 0.25) is 0 Å². The fourth-order valence-corrected chi connectivity index (χ4v) is 1.98. The standard InChI is InChI=1S/C14H16N2O6/c1-9-12(13(19)16(9)22-8-11(17)18)15-14(20)21-7-10-5-3-2-4-6-10/h2-6,9,12H,7-8H2,1H3,(H,15,20)(H,17,18). The predicted octanol–water partition coefficient (Wildman–Crippen LogP) is 0.528. The second kappa shape index (κ2) is 6.90. The number of benzene rings is 1. The quantitative estimate of drug-likeness (QED) is 0.743. The van der Waals surface area contributed by atoms with Crippen LogP contribution >= 0.6 is 0 Å². The van der Waals surface area contributed by atoms with Crippen molar-refractivity contribution in [2.45, 2.75) is 25.6 Å². The van der Waals surface area contributed by atoms with E-state index in [0.29, 0.717) is 0 Å². The molecule has 0 spiro atoms. The number of nitrogens with one attached hydrogen (secondary N) is 1. The van der Waals surface area contributed by atoms with Crippen molar-refractivity contribution in [1.82, 2.24) is 10.4 Å². The number of hydroxylamine groups is 2. The number of carbonyl (C=O) groups excluding carboxylic acids is 2. The van der Waals surface area contributed by atoms with Gasteiger partial charge in [-0.2, -0.15) is 0 Å². The Kier molecular flexibility index (Phi) is 4.95. The van der Waals surface area contributed by atoms with Crippen molar-refractivity contribution in [2.24, 2.45) is 0 Å². The monoisotopic (exact) mass is 308 g/mol. The van der Waals surface area contributed by atoms with Crippen LogP contribution in [0.15, 0.2) is 30.3 Å². The summed E-state index contributed by atoms with van der Waals surface area (Å²) >= 11 is 0. The minimum absolute atomic E-state index is 0.0984. The molecule has 8 heteroatoms. The molecule has 2 rings (SSSR count). The first kappa shape index (κ1) is 15.8. The van der Waals surface area contributed by atoms with Gasteiger partial charge in [0.1, 0.15) is 12.6 Å². The lowest BCUT2D eigenvalue weighted by Crippen LogP contribution is -2.69. The maximum absolute atomic E-state index is 11.7. The number of β-lactam (4-membered cyclic amide) rings is 1. The van der Waals surface area contributed by atoms with E-state index in [4.69, 9.17) is 14.7 Å². The van der Waals surface area contributed by atoms with Crippen LogP contribution in [0.1, 0.15) is 12.5 Å². The third kappa shape index (κ3) is 3.73. The first-order chi connectivity index (χ1) is 10.5. The van der Waals surface area contributed by atoms with Gasteiger partial charge in [0.15, 0.2) is 6.61 Å². The molecular weight excluding hydrogens is 292 g/mol. The van der Waals surface area contributed by atoms with Crippen molar-refractivity contribution in [3.05, 3.63) is 35.9 Å². The number of nitrogens with zero attached hydrogens (tertiary/aromatic N) is 1. The Labute approximate surface area is 126 Å². The van der Waals surface area contributed by atoms with E-state index in [1.165, 1.54) is 0 Å². The molecule has 0 saturated carbocycles. The lowest BCUT2D eigenvalue weighted by atomic mass is 10.0. The molecule has 0 aliphatic carbocycles. The molecule has 0 radical (unpaired) electrons. The average molecular weight is 308 g/mol. The van der Waals surface area contributed by atoms with Crippen LogP contribution in [0, 0.1) is 0 Å². The Balaban J connectivity index is 1.76. The van der Waals surface area contributed by atoms with E-state index < -0.39 is 36.7 Å². The average Bonchev–Trinajstić information content (AvgIpc) is 2.51. The van der Waals surface area contributed by atoms with Crippen LogP contribution in [-0.2, 0) is 25.8 Å². The van der Waals surface area contributed by atoms with Crippen molar-refractivity contribution in [3.63, 3.8) is 0 Å². The summed E-state index contributed by atoms with van der Waals surface area (Å²) < 4.78 is 5.01. The zero-order valence-corrected chi connectivity index (χ0v) is 11.9. The zero-order chi connectivity index (χ0) is 16.1. The summed E-state index contributed by atoms with van der Waals surface area (Å²) in [6.45, 7) is 1.12. The van der Waals surface area contributed by atoms with Gasteiger partial charge in [-0.05, 0) is 12.5 Å². The Morgan fingerprint density at radius 2 is 2.00 bits per heavy atom. The number of hydrogen-bond donors (Lipinski definition) is 2. The van der Waals surface area contributed by atoms with E-state index in [1.807, 2.05) is 30.3 Å². The molecule has 118 valence electrons. The summed E-state index contributed by atoms with van der Waals surface area (Å²) in [6, 6.07) is 7.88. The molecule has 2 amide bonds. The van der Waals surface area contributed by atoms with E-state index in [0.717, 1.165) is 10.6 Å². The highest BCUT2D eigenvalue weighted by molar-refractivity contribution is 5.91. The highest BCUT2D eigenvalue weighted by Crippen LogP contribution is 2.20. The van der Waals surface area contributed by atoms with E-state index in [1.54, 1.807) is 6.92 Å². The Morgan fingerprint density at radius 3 is 2.59 bits per heavy atom. The van der Waals surface area contributed by atoms with Gasteiger partial charge in [0, 0.05) is 0 Å². The number of hydrogen-bond acceptors (Lipinski definition) is 5. The highest BCUT2D eigenvalue weighted by atomic mass is 16.7. The molecule has 1 aromatic carbocycles. The van der Waals surface area contributed by atoms with Gasteiger partial charge >= 0.3 is 12.1 Å². The second-order valence-electron chi connectivity index (χ2n) is 4.76. The number of aliphatic carboxylic acids is 1. The third-order valence-corrected chi connectivity index (χ3v) is 3.15. The minimum Gasteiger partial charge on any atom is -0.479 e. The molecule has 8 nitrogen and oxygen atoms in total. The zero-order valence-electron chi connectivity index (χ0n) is 11.9. The van der Waals surface area contributed by atoms with E-state index in [-0.39, 0.29) is 6.61 Å². The van der Waals surface area contributed by atoms with Gasteiger partial charge in [0.25, 0.3) is 5.91 Å². The third-order valence-electron chi connectivity index (χ3n) is 3.15. The fourth-order valence-electron chi connectivity index (χ4n) is 1.98. The van der Waals surface area contributed by atoms with Crippen molar-refractivity contribution < 1.29 is 29.1 Å². The van der Waals surface area contributed by atoms with Gasteiger partial charge < -0.3 is 15.2 Å². The molecule has 1 aromatic rings. The summed E-state index contributed by atoms with van der Waals surface area (Å²) in [7, 11) is 0. The minimum atomic E-state index is -1.18. The van der Waals surface area contributed by atoms with E-state index >= 15 is 0 Å². The number of carboxylic acid groups (broad SMARTS) is 1. The van der Waals surface area contributed by atoms with Gasteiger partial charge in [0.05, 0.1) is 6.04 Å². The molecule has 1 aliphatic rings. The summed E-state index contributed by atoms with van der Waals surface area (Å²) in [4.78, 5) is 38.6. The maximum atomic E-state index is 11.7. The van der Waals surface area contributed by atoms with Crippen molar-refractivity contribution in [1.29, 1.82) is 0 Å². The summed E-state index contributed by atoms with van der Waals surface area (Å²) in [5.41, 5.74) is 0.831. The molecule has 2 N–H and O–H groups in total. The molecule has 0 aromatic heterocycles. The van der Waals surface area contributed by atoms with Gasteiger partial charge in [0.2, 0.25) is 0 Å². The fraction of sp³-hybridized carbons (Fsp3) is 0.357. The normalized spacial score (nSPS) is 20.2. The predicted molar refractivity (Wildman–Crippen MR) is 73.4 cm³/mol. The van der Waals surface area contributed by atoms with E-state index in [2.05, 4.69) is 5.32 Å². The molecule has 22 heavy (non-hydrogen) atoms. The lowest BCUT2D eigenvalue weighted by Gasteiger charge is -2.43. The molecule has 2 unspecified atom stereocenters. The first-order valence-corrected chi connectivity index (χ1v) is 6.64. The van der Waals surface area contributed by atoms with Crippen molar-refractivity contribution >= 4 is 18.0 Å². The van der Waals surface area contributed by atoms with Crippen molar-refractivity contribution in [3.8, 4) is 0 Å². The Bertz CT molecular complexity index is 562. The van der Waals surface area contributed by atoms with Crippen LogP contribution in [0.4, 0.5) is 4.79 Å². The lowest BCUT2D eigenvalue weighted by molar-refractivity contribution is -0.233. The smallest absolute Gasteiger partial charge is 0.408 e. The molecule has 2 atom stereocenters. The molecule has 1 fully saturated rings. The summed E-state index contributed by atoms with van der Waals surface area (Å²) in [5, 5.41) is 11.8. The molecule has 1 saturated heterocycles. The van der Waals surface area contributed by atoms with Crippen LogP contribution in [0.5, 0.6) is 0 Å². The molecular formula is C14H16N2O6. The van der Waals surface area contributed by atoms with Gasteiger partial charge in [-0.3, -0.25) is 9.63 Å². The van der Waals surface area contributed by atoms with Crippen LogP contribution in [0.3, 0.4) is 0 Å². The summed E-state index contributed by atoms with van der Waals surface area (Å²) in [6.07, 6.45) is -0.716. The van der Waals surface area contributed by atoms with Crippen LogP contribution < -0.4 is 5.32 Å². The molecule has 0 bridgehead atoms. The number of ether oxygens (including phenoxy) is 1. The number of amides is 2. The number of alkyl carbamates (subject to hydrolysis) is 1. The molecule has 1 heterocycles. The highest BCUT2D eigenvalue weighted by Gasteiger charge is 2.47. The number of carbonyl (C=O) groups is 3. The van der Waals surface area contributed by atoms with Gasteiger partial charge in [-0.25, -0.2) is 14.7 Å². The SMILES string of the molecule is CC1C(NC(=O)OCc2ccccc2)C(=O)N1OCC(=O)O. The number of rotatable bonds is 6. The van der Waals surface area contributed by atoms with Crippen LogP contribution in [-0.4, -0.2) is 46.8 Å². The van der Waals surface area contributed by atoms with Gasteiger partial charge in [-0.1, -0.05) is 30.3 Å². The maximum Gasteiger partial charge on any atom is 0.408 e. The Morgan fingerprint density at radius 1 is 1.32 bits per heavy atom. The molecule has 1 aliphatic heterocycles. The van der Waals surface area contributed by atoms with Crippen molar-refractivity contribution in [2.75, 3.05) is 6.61 Å². The summed E-state index contributed by atoms with van der Waals surface area (Å²) in [5.74, 6) is -1.69. The van der Waals surface area contributed by atoms with Crippen LogP contribution in [0.25, 0.3) is 0 Å². The number of carboxylic acids is 1. The second-order valence-corrected chi connectivity index (χ2v) is 4.76. The topological polar surface area (TPSA) is 105 Å². The largest absolute Gasteiger partial charge is 0.479 e. The van der Waals surface area contributed by atoms with E-state index in [9.17, 15) is 14.4 Å². The van der Waals surface area contributed by atoms with Gasteiger partial charge in [-0.15, -0.1) is 0 Å².